The van der Waals surface area contributed by atoms with Gasteiger partial charge in [0.05, 0.1) is 18.0 Å². The average Bonchev–Trinajstić information content (AvgIpc) is 3.37. The summed E-state index contributed by atoms with van der Waals surface area (Å²) >= 11 is 1.45. The van der Waals surface area contributed by atoms with E-state index in [0.29, 0.717) is 24.5 Å². The predicted molar refractivity (Wildman–Crippen MR) is 142 cm³/mol. The van der Waals surface area contributed by atoms with Gasteiger partial charge < -0.3 is 4.57 Å². The van der Waals surface area contributed by atoms with Crippen LogP contribution < -0.4 is 0 Å². The molecule has 34 heavy (non-hydrogen) atoms. The first-order valence-electron chi connectivity index (χ1n) is 11.3. The molecule has 5 rings (SSSR count). The Kier molecular flexibility index (Phi) is 6.45. The van der Waals surface area contributed by atoms with Crippen LogP contribution in [-0.4, -0.2) is 20.5 Å². The summed E-state index contributed by atoms with van der Waals surface area (Å²) in [5.74, 6) is -0.0128. The minimum Gasteiger partial charge on any atom is -0.343 e. The molecule has 3 aromatic carbocycles. The maximum Gasteiger partial charge on any atom is 0.267 e. The quantitative estimate of drug-likeness (QED) is 0.232. The first-order valence-corrected chi connectivity index (χ1v) is 12.1. The van der Waals surface area contributed by atoms with Gasteiger partial charge in [-0.3, -0.25) is 14.7 Å². The van der Waals surface area contributed by atoms with Crippen LogP contribution in [0.1, 0.15) is 16.7 Å². The highest BCUT2D eigenvalue weighted by atomic mass is 32.2. The predicted octanol–water partition coefficient (Wildman–Crippen LogP) is 6.50. The van der Waals surface area contributed by atoms with E-state index in [-0.39, 0.29) is 5.91 Å². The number of carbonyl (C=O) groups is 1. The molecule has 5 heteroatoms. The van der Waals surface area contributed by atoms with Gasteiger partial charge in [-0.2, -0.15) is 0 Å². The van der Waals surface area contributed by atoms with Gasteiger partial charge in [-0.25, -0.2) is 0 Å². The first-order chi connectivity index (χ1) is 16.7. The number of hydrogen-bond donors (Lipinski definition) is 0. The van der Waals surface area contributed by atoms with Gasteiger partial charge in [0, 0.05) is 29.2 Å². The molecule has 2 heterocycles. The molecule has 0 bridgehead atoms. The van der Waals surface area contributed by atoms with Gasteiger partial charge >= 0.3 is 0 Å². The number of amides is 1. The van der Waals surface area contributed by atoms with E-state index in [2.05, 4.69) is 41.6 Å². The van der Waals surface area contributed by atoms with E-state index in [9.17, 15) is 4.79 Å². The second-order valence-corrected chi connectivity index (χ2v) is 9.12. The molecule has 1 aliphatic heterocycles. The van der Waals surface area contributed by atoms with Crippen LogP contribution in [0.15, 0.2) is 114 Å². The highest BCUT2D eigenvalue weighted by molar-refractivity contribution is 8.18. The van der Waals surface area contributed by atoms with Crippen LogP contribution in [0, 0.1) is 0 Å². The topological polar surface area (TPSA) is 37.6 Å². The summed E-state index contributed by atoms with van der Waals surface area (Å²) in [6.45, 7) is 5.62. The zero-order valence-corrected chi connectivity index (χ0v) is 19.6. The Morgan fingerprint density at radius 2 is 1.56 bits per heavy atom. The van der Waals surface area contributed by atoms with E-state index in [1.807, 2.05) is 72.8 Å². The maximum atomic E-state index is 13.5. The van der Waals surface area contributed by atoms with Crippen LogP contribution >= 0.6 is 11.8 Å². The summed E-state index contributed by atoms with van der Waals surface area (Å²) in [6, 6.07) is 28.4. The molecule has 168 valence electrons. The monoisotopic (exact) mass is 463 g/mol. The molecule has 0 atom stereocenters. The van der Waals surface area contributed by atoms with Crippen molar-refractivity contribution in [2.24, 2.45) is 4.99 Å². The van der Waals surface area contributed by atoms with Crippen molar-refractivity contribution in [2.75, 3.05) is 0 Å². The summed E-state index contributed by atoms with van der Waals surface area (Å²) in [5, 5.41) is 1.85. The van der Waals surface area contributed by atoms with Crippen molar-refractivity contribution in [3.8, 4) is 0 Å². The number of rotatable bonds is 7. The van der Waals surface area contributed by atoms with Crippen molar-refractivity contribution in [3.63, 3.8) is 0 Å². The zero-order valence-electron chi connectivity index (χ0n) is 18.8. The Labute approximate surface area is 203 Å². The lowest BCUT2D eigenvalue weighted by molar-refractivity contribution is -0.122. The van der Waals surface area contributed by atoms with Crippen molar-refractivity contribution in [1.82, 2.24) is 9.47 Å². The van der Waals surface area contributed by atoms with Gasteiger partial charge in [-0.1, -0.05) is 84.9 Å². The highest BCUT2D eigenvalue weighted by Gasteiger charge is 2.33. The Morgan fingerprint density at radius 1 is 0.882 bits per heavy atom. The van der Waals surface area contributed by atoms with Crippen molar-refractivity contribution in [2.45, 2.75) is 19.6 Å². The smallest absolute Gasteiger partial charge is 0.267 e. The minimum absolute atomic E-state index is 0.0128. The van der Waals surface area contributed by atoms with Gasteiger partial charge in [-0.05, 0) is 35.0 Å². The van der Waals surface area contributed by atoms with Crippen LogP contribution in [0.4, 0.5) is 0 Å². The fourth-order valence-electron chi connectivity index (χ4n) is 4.10. The van der Waals surface area contributed by atoms with Crippen LogP contribution in [0.5, 0.6) is 0 Å². The van der Waals surface area contributed by atoms with Crippen LogP contribution in [0.3, 0.4) is 0 Å². The number of carbonyl (C=O) groups excluding carboxylic acids is 1. The van der Waals surface area contributed by atoms with Crippen LogP contribution in [0.25, 0.3) is 17.0 Å². The average molecular weight is 464 g/mol. The fraction of sp³-hybridized carbons (Fsp3) is 0.103. The number of para-hydroxylation sites is 1. The fourth-order valence-corrected chi connectivity index (χ4v) is 5.06. The number of benzene rings is 3. The summed E-state index contributed by atoms with van der Waals surface area (Å²) < 4.78 is 2.16. The van der Waals surface area contributed by atoms with E-state index in [1.165, 1.54) is 11.8 Å². The molecule has 1 saturated heterocycles. The lowest BCUT2D eigenvalue weighted by atomic mass is 10.1. The number of nitrogens with zero attached hydrogens (tertiary/aromatic N) is 3. The Bertz CT molecular complexity index is 1390. The number of allylic oxidation sites excluding steroid dienone is 1. The number of amidine groups is 1. The Balaban J connectivity index is 1.51. The lowest BCUT2D eigenvalue weighted by Crippen LogP contribution is -2.28. The molecular formula is C29H25N3OS. The second kappa shape index (κ2) is 9.98. The molecule has 0 unspecified atom stereocenters. The number of fused-ring (bicyclic) bond motifs is 1. The molecule has 1 aliphatic rings. The summed E-state index contributed by atoms with van der Waals surface area (Å²) in [7, 11) is 0. The normalized spacial score (nSPS) is 16.1. The number of aliphatic imine (C=N–C) groups is 1. The first kappa shape index (κ1) is 22.0. The third-order valence-corrected chi connectivity index (χ3v) is 6.79. The van der Waals surface area contributed by atoms with Gasteiger partial charge in [0.15, 0.2) is 5.17 Å². The molecule has 0 N–H and O–H groups in total. The molecule has 1 fully saturated rings. The number of thioether (sulfide) groups is 1. The molecular weight excluding hydrogens is 438 g/mol. The largest absolute Gasteiger partial charge is 0.343 e. The van der Waals surface area contributed by atoms with Crippen LogP contribution in [0.2, 0.25) is 0 Å². The molecule has 0 saturated carbocycles. The van der Waals surface area contributed by atoms with Crippen molar-refractivity contribution in [3.05, 3.63) is 125 Å². The van der Waals surface area contributed by atoms with Gasteiger partial charge in [-0.15, -0.1) is 6.58 Å². The van der Waals surface area contributed by atoms with Crippen molar-refractivity contribution < 1.29 is 4.79 Å². The summed E-state index contributed by atoms with van der Waals surface area (Å²) in [6.07, 6.45) is 5.97. The molecule has 4 nitrogen and oxygen atoms in total. The van der Waals surface area contributed by atoms with E-state index in [0.717, 1.165) is 32.8 Å². The van der Waals surface area contributed by atoms with Crippen molar-refractivity contribution >= 4 is 39.8 Å². The number of hydrogen-bond acceptors (Lipinski definition) is 3. The van der Waals surface area contributed by atoms with Gasteiger partial charge in [0.1, 0.15) is 0 Å². The molecule has 1 aromatic heterocycles. The molecule has 4 aromatic rings. The van der Waals surface area contributed by atoms with E-state index < -0.39 is 0 Å². The third-order valence-electron chi connectivity index (χ3n) is 5.74. The Morgan fingerprint density at radius 3 is 2.29 bits per heavy atom. The summed E-state index contributed by atoms with van der Waals surface area (Å²) in [5.41, 5.74) is 4.35. The van der Waals surface area contributed by atoms with Gasteiger partial charge in [0.2, 0.25) is 0 Å². The minimum atomic E-state index is -0.0128. The van der Waals surface area contributed by atoms with E-state index in [1.54, 1.807) is 4.90 Å². The highest BCUT2D eigenvalue weighted by Crippen LogP contribution is 2.35. The molecule has 0 spiro atoms. The van der Waals surface area contributed by atoms with Crippen molar-refractivity contribution in [1.29, 1.82) is 0 Å². The SMILES string of the molecule is C=CCn1cc(/C=C2/SC(=NCc3ccccc3)N(Cc3ccccc3)C2=O)c2ccccc21. The van der Waals surface area contributed by atoms with Crippen LogP contribution in [-0.2, 0) is 24.4 Å². The zero-order chi connectivity index (χ0) is 23.3. The van der Waals surface area contributed by atoms with E-state index in [4.69, 9.17) is 4.99 Å². The molecule has 0 radical (unpaired) electrons. The molecule has 0 aliphatic carbocycles. The Hall–Kier alpha value is -3.83. The third kappa shape index (κ3) is 4.61. The standard InChI is InChI=1S/C29H25N3OS/c1-2-17-31-21-24(25-15-9-10-16-26(25)31)18-27-28(33)32(20-23-13-7-4-8-14-23)29(34-27)30-19-22-11-5-3-6-12-22/h2-16,18,21H,1,17,19-20H2/b27-18+,30-29?. The van der Waals surface area contributed by atoms with Gasteiger partial charge in [0.25, 0.3) is 5.91 Å². The lowest BCUT2D eigenvalue weighted by Gasteiger charge is -2.15. The second-order valence-electron chi connectivity index (χ2n) is 8.11. The molecule has 1 amide bonds. The summed E-state index contributed by atoms with van der Waals surface area (Å²) in [4.78, 5) is 20.8. The number of aromatic nitrogens is 1. The van der Waals surface area contributed by atoms with E-state index >= 15 is 0 Å². The maximum absolute atomic E-state index is 13.5.